The summed E-state index contributed by atoms with van der Waals surface area (Å²) >= 11 is 11.8. The molecule has 0 aliphatic rings. The van der Waals surface area contributed by atoms with Gasteiger partial charge in [-0.15, -0.1) is 0 Å². The van der Waals surface area contributed by atoms with Crippen LogP contribution in [0.25, 0.3) is 10.9 Å². The fraction of sp³-hybridized carbons (Fsp3) is 0. The quantitative estimate of drug-likeness (QED) is 0.648. The van der Waals surface area contributed by atoms with E-state index in [1.807, 2.05) is 12.3 Å². The van der Waals surface area contributed by atoms with E-state index < -0.39 is 0 Å². The highest BCUT2D eigenvalue weighted by molar-refractivity contribution is 6.39. The Bertz CT molecular complexity index is 356. The van der Waals surface area contributed by atoms with Crippen molar-refractivity contribution in [2.24, 2.45) is 0 Å². The third-order valence-electron chi connectivity index (χ3n) is 1.62. The number of nitrogens with one attached hydrogen (secondary N) is 1. The normalized spacial score (nSPS) is 10.7. The smallest absolute Gasteiger partial charge is 0.0658 e. The summed E-state index contributed by atoms with van der Waals surface area (Å²) in [6, 6.07) is 5.48. The minimum Gasteiger partial charge on any atom is -0.360 e. The third kappa shape index (κ3) is 1.01. The van der Waals surface area contributed by atoms with Gasteiger partial charge < -0.3 is 4.98 Å². The van der Waals surface area contributed by atoms with E-state index in [1.54, 1.807) is 12.1 Å². The molecule has 0 radical (unpaired) electrons. The van der Waals surface area contributed by atoms with Gasteiger partial charge in [0.05, 0.1) is 15.6 Å². The van der Waals surface area contributed by atoms with Crippen LogP contribution in [0.5, 0.6) is 0 Å². The minimum absolute atomic E-state index is 0.703. The molecule has 1 heterocycles. The molecular weight excluding hydrogens is 181 g/mol. The molecule has 0 spiro atoms. The van der Waals surface area contributed by atoms with Crippen molar-refractivity contribution < 1.29 is 0 Å². The highest BCUT2D eigenvalue weighted by Gasteiger charge is 2.02. The Kier molecular flexibility index (Phi) is 1.55. The van der Waals surface area contributed by atoms with Crippen LogP contribution in [0.2, 0.25) is 10.0 Å². The first kappa shape index (κ1) is 7.01. The molecule has 56 valence electrons. The molecule has 1 N–H and O–H groups in total. The molecule has 0 fully saturated rings. The number of rotatable bonds is 0. The van der Waals surface area contributed by atoms with Crippen LogP contribution in [0, 0.1) is 0 Å². The van der Waals surface area contributed by atoms with Gasteiger partial charge in [-0.2, -0.15) is 0 Å². The van der Waals surface area contributed by atoms with Crippen LogP contribution >= 0.6 is 23.2 Å². The second kappa shape index (κ2) is 2.43. The van der Waals surface area contributed by atoms with Gasteiger partial charge in [-0.25, -0.2) is 0 Å². The van der Waals surface area contributed by atoms with Gasteiger partial charge in [-0.1, -0.05) is 23.2 Å². The number of aromatic nitrogens is 1. The zero-order chi connectivity index (χ0) is 7.84. The van der Waals surface area contributed by atoms with Crippen molar-refractivity contribution in [3.8, 4) is 0 Å². The Labute approximate surface area is 73.9 Å². The summed E-state index contributed by atoms with van der Waals surface area (Å²) in [5.41, 5.74) is 0.902. The monoisotopic (exact) mass is 185 g/mol. The fourth-order valence-corrected chi connectivity index (χ4v) is 1.53. The lowest BCUT2D eigenvalue weighted by atomic mass is 10.2. The van der Waals surface area contributed by atoms with Gasteiger partial charge >= 0.3 is 0 Å². The Morgan fingerprint density at radius 3 is 2.45 bits per heavy atom. The molecule has 2 aromatic rings. The van der Waals surface area contributed by atoms with Crippen molar-refractivity contribution >= 4 is 34.1 Å². The van der Waals surface area contributed by atoms with Crippen molar-refractivity contribution in [1.82, 2.24) is 4.98 Å². The van der Waals surface area contributed by atoms with Crippen LogP contribution in [0.1, 0.15) is 0 Å². The molecule has 1 aromatic heterocycles. The maximum Gasteiger partial charge on any atom is 0.0658 e. The molecule has 0 saturated heterocycles. The summed E-state index contributed by atoms with van der Waals surface area (Å²) in [6.45, 7) is 0. The lowest BCUT2D eigenvalue weighted by Gasteiger charge is -1.94. The number of hydrogen-bond acceptors (Lipinski definition) is 0. The van der Waals surface area contributed by atoms with Crippen molar-refractivity contribution in [3.05, 3.63) is 34.4 Å². The van der Waals surface area contributed by atoms with E-state index in [9.17, 15) is 0 Å². The fourth-order valence-electron chi connectivity index (χ4n) is 1.09. The molecule has 0 bridgehead atoms. The van der Waals surface area contributed by atoms with Crippen LogP contribution in [0.4, 0.5) is 0 Å². The number of halogens is 2. The molecule has 0 aliphatic heterocycles. The molecule has 0 aliphatic carbocycles. The lowest BCUT2D eigenvalue weighted by molar-refractivity contribution is 1.48. The number of fused-ring (bicyclic) bond motifs is 1. The zero-order valence-corrected chi connectivity index (χ0v) is 7.08. The van der Waals surface area contributed by atoms with E-state index in [1.165, 1.54) is 0 Å². The van der Waals surface area contributed by atoms with Crippen molar-refractivity contribution in [3.63, 3.8) is 0 Å². The zero-order valence-electron chi connectivity index (χ0n) is 5.57. The molecule has 2 rings (SSSR count). The molecule has 11 heavy (non-hydrogen) atoms. The van der Waals surface area contributed by atoms with Crippen LogP contribution in [0.3, 0.4) is 0 Å². The van der Waals surface area contributed by atoms with Crippen molar-refractivity contribution in [2.45, 2.75) is 0 Å². The van der Waals surface area contributed by atoms with E-state index in [2.05, 4.69) is 4.98 Å². The summed E-state index contributed by atoms with van der Waals surface area (Å²) in [7, 11) is 0. The topological polar surface area (TPSA) is 15.8 Å². The summed E-state index contributed by atoms with van der Waals surface area (Å²) in [6.07, 6.45) is 1.82. The second-order valence-electron chi connectivity index (χ2n) is 2.30. The van der Waals surface area contributed by atoms with Gasteiger partial charge in [-0.3, -0.25) is 0 Å². The third-order valence-corrected chi connectivity index (χ3v) is 2.26. The first-order chi connectivity index (χ1) is 5.29. The molecule has 0 saturated carbocycles. The van der Waals surface area contributed by atoms with Crippen LogP contribution in [-0.2, 0) is 0 Å². The van der Waals surface area contributed by atoms with Crippen LogP contribution in [0.15, 0.2) is 24.4 Å². The molecule has 3 heteroatoms. The Morgan fingerprint density at radius 2 is 1.73 bits per heavy atom. The van der Waals surface area contributed by atoms with Gasteiger partial charge in [0.15, 0.2) is 0 Å². The Hall–Kier alpha value is -0.660. The number of benzene rings is 1. The number of aromatic amines is 1. The first-order valence-corrected chi connectivity index (χ1v) is 3.96. The molecular formula is C8H5Cl2N. The average molecular weight is 186 g/mol. The van der Waals surface area contributed by atoms with E-state index in [0.717, 1.165) is 15.9 Å². The predicted molar refractivity (Wildman–Crippen MR) is 48.3 cm³/mol. The van der Waals surface area contributed by atoms with Gasteiger partial charge in [0.1, 0.15) is 0 Å². The Morgan fingerprint density at radius 1 is 1.00 bits per heavy atom. The minimum atomic E-state index is 0.703. The summed E-state index contributed by atoms with van der Waals surface area (Å²) in [4.78, 5) is 3.01. The van der Waals surface area contributed by atoms with E-state index in [0.29, 0.717) is 5.02 Å². The summed E-state index contributed by atoms with van der Waals surface area (Å²) < 4.78 is 0. The SMILES string of the molecule is Clc1ccc(Cl)c2[nH]ccc12. The average Bonchev–Trinajstić information content (AvgIpc) is 2.45. The summed E-state index contributed by atoms with van der Waals surface area (Å²) in [5.74, 6) is 0. The number of H-pyrrole nitrogens is 1. The highest BCUT2D eigenvalue weighted by atomic mass is 35.5. The molecule has 0 amide bonds. The van der Waals surface area contributed by atoms with Gasteiger partial charge in [-0.05, 0) is 18.2 Å². The second-order valence-corrected chi connectivity index (χ2v) is 3.11. The molecule has 0 atom stereocenters. The van der Waals surface area contributed by atoms with Gasteiger partial charge in [0.25, 0.3) is 0 Å². The van der Waals surface area contributed by atoms with Crippen LogP contribution < -0.4 is 0 Å². The number of hydrogen-bond donors (Lipinski definition) is 1. The van der Waals surface area contributed by atoms with Gasteiger partial charge in [0, 0.05) is 11.6 Å². The largest absolute Gasteiger partial charge is 0.360 e. The van der Waals surface area contributed by atoms with E-state index >= 15 is 0 Å². The van der Waals surface area contributed by atoms with E-state index in [4.69, 9.17) is 23.2 Å². The van der Waals surface area contributed by atoms with E-state index in [-0.39, 0.29) is 0 Å². The Balaban J connectivity index is 2.96. The highest BCUT2D eigenvalue weighted by Crippen LogP contribution is 2.27. The van der Waals surface area contributed by atoms with Crippen molar-refractivity contribution in [2.75, 3.05) is 0 Å². The lowest BCUT2D eigenvalue weighted by Crippen LogP contribution is -1.70. The first-order valence-electron chi connectivity index (χ1n) is 3.20. The maximum absolute atomic E-state index is 5.89. The van der Waals surface area contributed by atoms with Crippen LogP contribution in [-0.4, -0.2) is 4.98 Å². The predicted octanol–water partition coefficient (Wildman–Crippen LogP) is 3.47. The molecule has 1 aromatic carbocycles. The maximum atomic E-state index is 5.89. The standard InChI is InChI=1S/C8H5Cl2N/c9-6-1-2-7(10)8-5(6)3-4-11-8/h1-4,11H. The van der Waals surface area contributed by atoms with Crippen molar-refractivity contribution in [1.29, 1.82) is 0 Å². The van der Waals surface area contributed by atoms with Gasteiger partial charge in [0.2, 0.25) is 0 Å². The molecule has 1 nitrogen and oxygen atoms in total. The molecule has 0 unspecified atom stereocenters. The summed E-state index contributed by atoms with van der Waals surface area (Å²) in [5, 5.41) is 2.40.